The molecule has 12 nitrogen and oxygen atoms in total. The minimum atomic E-state index is -0.567. The number of ether oxygens (including phenoxy) is 3. The summed E-state index contributed by atoms with van der Waals surface area (Å²) in [7, 11) is 1.64. The van der Waals surface area contributed by atoms with Crippen LogP contribution in [0.1, 0.15) is 46.1 Å². The van der Waals surface area contributed by atoms with Gasteiger partial charge in [0.1, 0.15) is 28.2 Å². The van der Waals surface area contributed by atoms with Gasteiger partial charge in [0, 0.05) is 43.6 Å². The number of hydrogen-bond acceptors (Lipinski definition) is 8. The second kappa shape index (κ2) is 13.7. The van der Waals surface area contributed by atoms with Gasteiger partial charge in [0.05, 0.1) is 13.7 Å². The highest BCUT2D eigenvalue weighted by atomic mass is 16.6. The fourth-order valence-corrected chi connectivity index (χ4v) is 5.12. The molecule has 0 aliphatic carbocycles. The molecule has 4 aromatic rings. The third-order valence-corrected chi connectivity index (χ3v) is 7.18. The third kappa shape index (κ3) is 8.14. The van der Waals surface area contributed by atoms with E-state index in [0.29, 0.717) is 54.8 Å². The predicted molar refractivity (Wildman–Crippen MR) is 173 cm³/mol. The van der Waals surface area contributed by atoms with Crippen molar-refractivity contribution in [3.63, 3.8) is 0 Å². The lowest BCUT2D eigenvalue weighted by molar-refractivity contribution is 0.0206. The Kier molecular flexibility index (Phi) is 9.60. The summed E-state index contributed by atoms with van der Waals surface area (Å²) >= 11 is 0. The number of pyridine rings is 1. The third-order valence-electron chi connectivity index (χ3n) is 7.18. The van der Waals surface area contributed by atoms with Crippen LogP contribution in [0.5, 0.6) is 17.2 Å². The Labute approximate surface area is 263 Å². The van der Waals surface area contributed by atoms with Gasteiger partial charge in [-0.05, 0) is 82.5 Å². The van der Waals surface area contributed by atoms with Crippen LogP contribution >= 0.6 is 0 Å². The van der Waals surface area contributed by atoms with E-state index in [1.54, 1.807) is 42.5 Å². The van der Waals surface area contributed by atoms with Gasteiger partial charge in [-0.3, -0.25) is 0 Å². The number of anilines is 2. The number of rotatable bonds is 9. The molecule has 3 heterocycles. The molecule has 12 heteroatoms. The van der Waals surface area contributed by atoms with Gasteiger partial charge in [-0.2, -0.15) is 5.10 Å². The summed E-state index contributed by atoms with van der Waals surface area (Å²) in [6, 6.07) is 16.5. The van der Waals surface area contributed by atoms with Crippen molar-refractivity contribution in [1.29, 1.82) is 0 Å². The summed E-state index contributed by atoms with van der Waals surface area (Å²) in [4.78, 5) is 31.2. The van der Waals surface area contributed by atoms with E-state index in [1.165, 1.54) is 0 Å². The van der Waals surface area contributed by atoms with Crippen LogP contribution in [0.4, 0.5) is 21.1 Å². The topological polar surface area (TPSA) is 132 Å². The molecule has 0 spiro atoms. The van der Waals surface area contributed by atoms with Crippen molar-refractivity contribution in [2.45, 2.75) is 58.7 Å². The molecule has 2 aromatic heterocycles. The quantitative estimate of drug-likeness (QED) is 0.202. The molecule has 0 unspecified atom stereocenters. The molecule has 5 rings (SSSR count). The molecule has 2 aromatic carbocycles. The van der Waals surface area contributed by atoms with Crippen molar-refractivity contribution in [2.75, 3.05) is 37.4 Å². The van der Waals surface area contributed by atoms with Crippen molar-refractivity contribution in [2.24, 2.45) is 0 Å². The van der Waals surface area contributed by atoms with E-state index in [0.717, 1.165) is 29.5 Å². The molecule has 1 saturated heterocycles. The standard InChI is InChI=1S/C33H41N7O5/c1-6-34-31(41)37-23-11-15-26(16-12-23)44-27-17-18-35-30-28(27)29(38-40(30)20-22-9-13-25(43-5)14-10-22)36-24-8-7-19-39(21-24)32(42)45-33(2,3)4/h9-18,24H,6-8,19-21H2,1-5H3,(H,36,38)(H2,34,37,41)/t24-/m1/s1. The first-order valence-corrected chi connectivity index (χ1v) is 15.2. The van der Waals surface area contributed by atoms with E-state index in [2.05, 4.69) is 16.0 Å². The second-order valence-electron chi connectivity index (χ2n) is 11.9. The lowest BCUT2D eigenvalue weighted by atomic mass is 10.1. The summed E-state index contributed by atoms with van der Waals surface area (Å²) in [5.41, 5.74) is 1.76. The first kappa shape index (κ1) is 31.4. The van der Waals surface area contributed by atoms with E-state index in [-0.39, 0.29) is 18.2 Å². The molecule has 3 N–H and O–H groups in total. The van der Waals surface area contributed by atoms with Crippen LogP contribution in [-0.2, 0) is 11.3 Å². The summed E-state index contributed by atoms with van der Waals surface area (Å²) < 4.78 is 19.2. The average molecular weight is 616 g/mol. The Hall–Kier alpha value is -5.00. The van der Waals surface area contributed by atoms with Gasteiger partial charge in [0.15, 0.2) is 11.5 Å². The zero-order valence-electron chi connectivity index (χ0n) is 26.4. The van der Waals surface area contributed by atoms with Crippen LogP contribution in [0.3, 0.4) is 0 Å². The number of benzene rings is 2. The maximum atomic E-state index is 12.8. The minimum absolute atomic E-state index is 0.0496. The zero-order valence-corrected chi connectivity index (χ0v) is 26.4. The van der Waals surface area contributed by atoms with Gasteiger partial charge in [0.25, 0.3) is 0 Å². The highest BCUT2D eigenvalue weighted by Crippen LogP contribution is 2.35. The Morgan fingerprint density at radius 3 is 2.44 bits per heavy atom. The number of carbonyl (C=O) groups excluding carboxylic acids is 2. The van der Waals surface area contributed by atoms with E-state index in [4.69, 9.17) is 24.3 Å². The molecular formula is C33H41N7O5. The summed E-state index contributed by atoms with van der Waals surface area (Å²) in [6.07, 6.45) is 3.07. The van der Waals surface area contributed by atoms with E-state index in [1.807, 2.05) is 62.7 Å². The Balaban J connectivity index is 1.43. The van der Waals surface area contributed by atoms with Crippen LogP contribution < -0.4 is 25.4 Å². The maximum absolute atomic E-state index is 12.8. The largest absolute Gasteiger partial charge is 0.497 e. The number of aromatic nitrogens is 3. The van der Waals surface area contributed by atoms with Crippen molar-refractivity contribution in [3.8, 4) is 17.2 Å². The first-order valence-electron chi connectivity index (χ1n) is 15.2. The number of methoxy groups -OCH3 is 1. The van der Waals surface area contributed by atoms with Gasteiger partial charge in [-0.25, -0.2) is 19.3 Å². The first-order chi connectivity index (χ1) is 21.6. The summed E-state index contributed by atoms with van der Waals surface area (Å²) in [5, 5.41) is 14.8. The molecule has 0 saturated carbocycles. The van der Waals surface area contributed by atoms with Gasteiger partial charge < -0.3 is 35.1 Å². The zero-order chi connectivity index (χ0) is 32.0. The maximum Gasteiger partial charge on any atom is 0.410 e. The number of piperidine rings is 1. The molecule has 45 heavy (non-hydrogen) atoms. The SMILES string of the molecule is CCNC(=O)Nc1ccc(Oc2ccnc3c2c(N[C@@H]2CCCN(C(=O)OC(C)(C)C)C2)nn3Cc2ccc(OC)cc2)cc1. The van der Waals surface area contributed by atoms with Crippen LogP contribution in [0.25, 0.3) is 11.0 Å². The van der Waals surface area contributed by atoms with E-state index in [9.17, 15) is 9.59 Å². The van der Waals surface area contributed by atoms with Crippen LogP contribution in [0, 0.1) is 0 Å². The Morgan fingerprint density at radius 2 is 1.76 bits per heavy atom. The number of amides is 3. The molecule has 1 aliphatic rings. The molecule has 1 aliphatic heterocycles. The van der Waals surface area contributed by atoms with Crippen LogP contribution in [0.15, 0.2) is 60.8 Å². The van der Waals surface area contributed by atoms with Crippen LogP contribution in [-0.4, -0.2) is 70.2 Å². The van der Waals surface area contributed by atoms with E-state index >= 15 is 0 Å². The van der Waals surface area contributed by atoms with Gasteiger partial charge in [-0.1, -0.05) is 12.1 Å². The van der Waals surface area contributed by atoms with Crippen molar-refractivity contribution < 1.29 is 23.8 Å². The van der Waals surface area contributed by atoms with Crippen LogP contribution in [0.2, 0.25) is 0 Å². The second-order valence-corrected chi connectivity index (χ2v) is 11.9. The van der Waals surface area contributed by atoms with Crippen molar-refractivity contribution >= 4 is 34.7 Å². The van der Waals surface area contributed by atoms with Gasteiger partial charge >= 0.3 is 12.1 Å². The smallest absolute Gasteiger partial charge is 0.410 e. The molecule has 0 radical (unpaired) electrons. The summed E-state index contributed by atoms with van der Waals surface area (Å²) in [6.45, 7) is 9.61. The number of fused-ring (bicyclic) bond motifs is 1. The van der Waals surface area contributed by atoms with Gasteiger partial charge in [-0.15, -0.1) is 0 Å². The monoisotopic (exact) mass is 615 g/mol. The molecule has 3 amide bonds. The fraction of sp³-hybridized carbons (Fsp3) is 0.394. The Morgan fingerprint density at radius 1 is 1.02 bits per heavy atom. The summed E-state index contributed by atoms with van der Waals surface area (Å²) in [5.74, 6) is 2.56. The number of carbonyl (C=O) groups is 2. The average Bonchev–Trinajstić information content (AvgIpc) is 3.35. The number of nitrogens with one attached hydrogen (secondary N) is 3. The molecule has 1 atom stereocenters. The highest BCUT2D eigenvalue weighted by Gasteiger charge is 2.29. The van der Waals surface area contributed by atoms with Crippen molar-refractivity contribution in [1.82, 2.24) is 25.0 Å². The Bertz CT molecular complexity index is 1610. The molecule has 0 bridgehead atoms. The van der Waals surface area contributed by atoms with E-state index < -0.39 is 5.60 Å². The molecular weight excluding hydrogens is 574 g/mol. The normalized spacial score (nSPS) is 15.0. The van der Waals surface area contributed by atoms with Crippen molar-refractivity contribution in [3.05, 3.63) is 66.4 Å². The molecule has 1 fully saturated rings. The highest BCUT2D eigenvalue weighted by molar-refractivity contribution is 5.94. The number of urea groups is 1. The minimum Gasteiger partial charge on any atom is -0.497 e. The molecule has 238 valence electrons. The number of hydrogen-bond donors (Lipinski definition) is 3. The van der Waals surface area contributed by atoms with Gasteiger partial charge in [0.2, 0.25) is 0 Å². The lowest BCUT2D eigenvalue weighted by Gasteiger charge is -2.34. The fourth-order valence-electron chi connectivity index (χ4n) is 5.12. The number of likely N-dealkylation sites (tertiary alicyclic amines) is 1. The number of nitrogens with zero attached hydrogens (tertiary/aromatic N) is 4. The lowest BCUT2D eigenvalue weighted by Crippen LogP contribution is -2.47. The predicted octanol–water partition coefficient (Wildman–Crippen LogP) is 6.23.